The highest BCUT2D eigenvalue weighted by Crippen LogP contribution is 2.39. The highest BCUT2D eigenvalue weighted by Gasteiger charge is 2.22. The molecular weight excluding hydrogens is 324 g/mol. The van der Waals surface area contributed by atoms with Crippen molar-refractivity contribution < 1.29 is 43.9 Å². The highest BCUT2D eigenvalue weighted by atomic mass is 16.6. The standard InChI is InChI=1S/C15H16O9/c1-22-10-5-8(3-4-12(17)18)6-11(23-2)14(10)24-15(21)9(16)7-13(19)20/h3-6,9,16H,7H2,1-2H3,(H,17,18)(H,19,20)/p-2/b4-3-. The number of methoxy groups -OCH3 is 2. The maximum Gasteiger partial charge on any atom is 0.341 e. The van der Waals surface area contributed by atoms with Gasteiger partial charge in [-0.2, -0.15) is 0 Å². The molecule has 0 heterocycles. The van der Waals surface area contributed by atoms with Crippen molar-refractivity contribution in [2.75, 3.05) is 14.2 Å². The van der Waals surface area contributed by atoms with Crippen LogP contribution in [-0.4, -0.2) is 43.3 Å². The summed E-state index contributed by atoms with van der Waals surface area (Å²) in [6, 6.07) is 2.69. The Hall–Kier alpha value is -3.07. The summed E-state index contributed by atoms with van der Waals surface area (Å²) in [6.45, 7) is 0. The van der Waals surface area contributed by atoms with Gasteiger partial charge in [-0.3, -0.25) is 0 Å². The molecule has 0 aliphatic carbocycles. The maximum atomic E-state index is 11.7. The Labute approximate surface area is 136 Å². The minimum absolute atomic E-state index is 0.00125. The summed E-state index contributed by atoms with van der Waals surface area (Å²) in [5.41, 5.74) is 0.350. The molecule has 0 saturated heterocycles. The summed E-state index contributed by atoms with van der Waals surface area (Å²) >= 11 is 0. The Bertz CT molecular complexity index is 638. The maximum absolute atomic E-state index is 11.7. The van der Waals surface area contributed by atoms with E-state index in [2.05, 4.69) is 0 Å². The van der Waals surface area contributed by atoms with E-state index in [0.717, 1.165) is 6.08 Å². The van der Waals surface area contributed by atoms with Gasteiger partial charge >= 0.3 is 5.97 Å². The third-order valence-electron chi connectivity index (χ3n) is 2.73. The van der Waals surface area contributed by atoms with Gasteiger partial charge in [0.2, 0.25) is 5.75 Å². The Morgan fingerprint density at radius 1 is 1.17 bits per heavy atom. The monoisotopic (exact) mass is 338 g/mol. The second-order valence-electron chi connectivity index (χ2n) is 4.42. The van der Waals surface area contributed by atoms with Gasteiger partial charge in [-0.1, -0.05) is 6.08 Å². The van der Waals surface area contributed by atoms with Crippen LogP contribution in [0.25, 0.3) is 6.08 Å². The lowest BCUT2D eigenvalue weighted by Gasteiger charge is -2.16. The van der Waals surface area contributed by atoms with E-state index in [4.69, 9.17) is 14.2 Å². The number of carbonyl (C=O) groups excluding carboxylic acids is 3. The molecule has 1 rings (SSSR count). The topological polar surface area (TPSA) is 145 Å². The van der Waals surface area contributed by atoms with E-state index in [1.807, 2.05) is 0 Å². The number of carboxylic acids is 2. The van der Waals surface area contributed by atoms with E-state index in [9.17, 15) is 29.7 Å². The number of benzene rings is 1. The van der Waals surface area contributed by atoms with E-state index < -0.39 is 30.4 Å². The molecule has 1 aromatic rings. The molecule has 0 bridgehead atoms. The van der Waals surface area contributed by atoms with Crippen molar-refractivity contribution in [2.24, 2.45) is 0 Å². The summed E-state index contributed by atoms with van der Waals surface area (Å²) in [5, 5.41) is 30.3. The zero-order chi connectivity index (χ0) is 18.3. The number of aliphatic hydroxyl groups excluding tert-OH is 1. The van der Waals surface area contributed by atoms with Crippen LogP contribution in [0.4, 0.5) is 0 Å². The van der Waals surface area contributed by atoms with Crippen LogP contribution in [0.3, 0.4) is 0 Å². The number of carbonyl (C=O) groups is 3. The molecule has 0 aromatic heterocycles. The van der Waals surface area contributed by atoms with Crippen LogP contribution in [0, 0.1) is 0 Å². The van der Waals surface area contributed by atoms with Crippen molar-refractivity contribution in [1.29, 1.82) is 0 Å². The van der Waals surface area contributed by atoms with Crippen LogP contribution in [-0.2, 0) is 14.4 Å². The van der Waals surface area contributed by atoms with Crippen molar-refractivity contribution in [3.63, 3.8) is 0 Å². The molecule has 0 aliphatic rings. The molecule has 0 amide bonds. The highest BCUT2D eigenvalue weighted by molar-refractivity contribution is 5.85. The molecule has 1 N–H and O–H groups in total. The first-order valence-corrected chi connectivity index (χ1v) is 6.53. The van der Waals surface area contributed by atoms with Gasteiger partial charge in [-0.15, -0.1) is 0 Å². The third-order valence-corrected chi connectivity index (χ3v) is 2.73. The number of esters is 1. The first-order chi connectivity index (χ1) is 11.3. The van der Waals surface area contributed by atoms with Crippen LogP contribution in [0.15, 0.2) is 18.2 Å². The van der Waals surface area contributed by atoms with Gasteiger partial charge in [-0.05, 0) is 23.8 Å². The lowest BCUT2D eigenvalue weighted by molar-refractivity contribution is -0.307. The fourth-order valence-corrected chi connectivity index (χ4v) is 1.67. The van der Waals surface area contributed by atoms with E-state index in [1.165, 1.54) is 32.4 Å². The van der Waals surface area contributed by atoms with Crippen molar-refractivity contribution in [3.8, 4) is 17.2 Å². The Kier molecular flexibility index (Phi) is 6.75. The van der Waals surface area contributed by atoms with Gasteiger partial charge in [0, 0.05) is 12.4 Å². The molecule has 0 aliphatic heterocycles. The molecule has 0 radical (unpaired) electrons. The van der Waals surface area contributed by atoms with Gasteiger partial charge in [0.25, 0.3) is 0 Å². The largest absolute Gasteiger partial charge is 0.550 e. The first kappa shape index (κ1) is 19.0. The molecule has 1 aromatic carbocycles. The molecule has 0 saturated carbocycles. The molecule has 1 unspecified atom stereocenters. The second kappa shape index (κ2) is 8.53. The van der Waals surface area contributed by atoms with Crippen LogP contribution in [0.2, 0.25) is 0 Å². The predicted molar refractivity (Wildman–Crippen MR) is 74.9 cm³/mol. The molecule has 130 valence electrons. The Balaban J connectivity index is 3.15. The number of hydrogen-bond donors (Lipinski definition) is 1. The number of rotatable bonds is 8. The molecular formula is C15H14O9-2. The van der Waals surface area contributed by atoms with Crippen molar-refractivity contribution in [2.45, 2.75) is 12.5 Å². The summed E-state index contributed by atoms with van der Waals surface area (Å²) < 4.78 is 15.0. The van der Waals surface area contributed by atoms with E-state index in [1.54, 1.807) is 0 Å². The summed E-state index contributed by atoms with van der Waals surface area (Å²) in [4.78, 5) is 32.6. The minimum Gasteiger partial charge on any atom is -0.550 e. The fourth-order valence-electron chi connectivity index (χ4n) is 1.67. The van der Waals surface area contributed by atoms with Gasteiger partial charge in [0.05, 0.1) is 20.2 Å². The molecule has 0 spiro atoms. The Morgan fingerprint density at radius 3 is 2.12 bits per heavy atom. The third kappa shape index (κ3) is 5.29. The fraction of sp³-hybridized carbons (Fsp3) is 0.267. The van der Waals surface area contributed by atoms with Crippen molar-refractivity contribution >= 4 is 24.0 Å². The zero-order valence-electron chi connectivity index (χ0n) is 12.8. The van der Waals surface area contributed by atoms with Crippen molar-refractivity contribution in [3.05, 3.63) is 23.8 Å². The van der Waals surface area contributed by atoms with E-state index >= 15 is 0 Å². The molecule has 0 fully saturated rings. The lowest BCUT2D eigenvalue weighted by Crippen LogP contribution is -2.34. The first-order valence-electron chi connectivity index (χ1n) is 6.53. The van der Waals surface area contributed by atoms with Gasteiger partial charge in [0.15, 0.2) is 17.6 Å². The number of aliphatic hydroxyl groups is 1. The molecule has 9 heteroatoms. The average molecular weight is 338 g/mol. The quantitative estimate of drug-likeness (QED) is 0.319. The summed E-state index contributed by atoms with van der Waals surface area (Å²) in [7, 11) is 2.52. The van der Waals surface area contributed by atoms with Gasteiger partial charge in [0.1, 0.15) is 0 Å². The van der Waals surface area contributed by atoms with Crippen LogP contribution in [0.1, 0.15) is 12.0 Å². The molecule has 24 heavy (non-hydrogen) atoms. The van der Waals surface area contributed by atoms with E-state index in [-0.39, 0.29) is 17.2 Å². The number of aliphatic carboxylic acids is 2. The number of carboxylic acid groups (broad SMARTS) is 2. The molecule has 1 atom stereocenters. The molecule has 9 nitrogen and oxygen atoms in total. The summed E-state index contributed by atoms with van der Waals surface area (Å²) in [5.74, 6) is -4.47. The Morgan fingerprint density at radius 2 is 1.71 bits per heavy atom. The van der Waals surface area contributed by atoms with Crippen molar-refractivity contribution in [1.82, 2.24) is 0 Å². The average Bonchev–Trinajstić information content (AvgIpc) is 2.52. The number of hydrogen-bond acceptors (Lipinski definition) is 9. The van der Waals surface area contributed by atoms with Gasteiger partial charge < -0.3 is 39.1 Å². The van der Waals surface area contributed by atoms with Crippen LogP contribution < -0.4 is 24.4 Å². The second-order valence-corrected chi connectivity index (χ2v) is 4.42. The summed E-state index contributed by atoms with van der Waals surface area (Å²) in [6.07, 6.45) is -0.877. The normalized spacial score (nSPS) is 11.8. The minimum atomic E-state index is -1.93. The SMILES string of the molecule is COc1cc(/C=C\C(=O)[O-])cc(OC)c1OC(=O)C(O)CC(=O)[O-]. The van der Waals surface area contributed by atoms with Crippen LogP contribution >= 0.6 is 0 Å². The van der Waals surface area contributed by atoms with E-state index in [0.29, 0.717) is 5.56 Å². The van der Waals surface area contributed by atoms with Gasteiger partial charge in [-0.25, -0.2) is 4.79 Å². The lowest BCUT2D eigenvalue weighted by atomic mass is 10.1. The predicted octanol–water partition coefficient (Wildman–Crippen LogP) is -2.13. The van der Waals surface area contributed by atoms with Crippen LogP contribution in [0.5, 0.6) is 17.2 Å². The number of ether oxygens (including phenoxy) is 3. The zero-order valence-corrected chi connectivity index (χ0v) is 12.8. The smallest absolute Gasteiger partial charge is 0.341 e.